The first-order valence-corrected chi connectivity index (χ1v) is 6.52. The van der Waals surface area contributed by atoms with Gasteiger partial charge in [-0.1, -0.05) is 6.07 Å². The Morgan fingerprint density at radius 1 is 1.53 bits per heavy atom. The second-order valence-electron chi connectivity index (χ2n) is 2.85. The Kier molecular flexibility index (Phi) is 3.71. The molecule has 0 heterocycles. The smallest absolute Gasteiger partial charge is 0.221 e. The predicted octanol–water partition coefficient (Wildman–Crippen LogP) is 2.26. The fourth-order valence-electron chi connectivity index (χ4n) is 1.04. The number of nitrogens with one attached hydrogen (secondary N) is 1. The number of carbonyl (C=O) groups is 1. The van der Waals surface area contributed by atoms with Gasteiger partial charge in [-0.3, -0.25) is 4.79 Å². The summed E-state index contributed by atoms with van der Waals surface area (Å²) in [6.45, 7) is 1.40. The second kappa shape index (κ2) is 4.63. The molecule has 1 rings (SSSR count). The molecule has 0 saturated carbocycles. The van der Waals surface area contributed by atoms with Gasteiger partial charge in [-0.2, -0.15) is 0 Å². The third-order valence-corrected chi connectivity index (χ3v) is 3.93. The van der Waals surface area contributed by atoms with Crippen molar-refractivity contribution in [3.05, 3.63) is 24.3 Å². The molecule has 0 bridgehead atoms. The van der Waals surface area contributed by atoms with Crippen molar-refractivity contribution >= 4 is 31.2 Å². The fraction of sp³-hybridized carbons (Fsp3) is 0.222. The molecule has 0 aliphatic carbocycles. The van der Waals surface area contributed by atoms with Crippen LogP contribution < -0.4 is 5.32 Å². The third-order valence-electron chi connectivity index (χ3n) is 1.68. The van der Waals surface area contributed by atoms with Crippen LogP contribution in [0.15, 0.2) is 33.5 Å². The molecule has 15 heavy (non-hydrogen) atoms. The summed E-state index contributed by atoms with van der Waals surface area (Å²) in [6, 6.07) is 6.50. The van der Waals surface area contributed by atoms with Gasteiger partial charge in [0, 0.05) is 30.3 Å². The molecule has 0 saturated heterocycles. The van der Waals surface area contributed by atoms with E-state index in [4.69, 9.17) is 10.7 Å². The van der Waals surface area contributed by atoms with Crippen molar-refractivity contribution in [2.24, 2.45) is 4.36 Å². The number of halogens is 1. The van der Waals surface area contributed by atoms with Crippen LogP contribution >= 0.6 is 10.7 Å². The normalized spacial score (nSPS) is 14.1. The zero-order valence-electron chi connectivity index (χ0n) is 8.36. The number of hydrogen-bond donors (Lipinski definition) is 1. The molecule has 1 aromatic carbocycles. The lowest BCUT2D eigenvalue weighted by atomic mass is 10.3. The summed E-state index contributed by atoms with van der Waals surface area (Å²) < 4.78 is 15.3. The molecular formula is C9H11ClN2O2S. The van der Waals surface area contributed by atoms with E-state index in [1.165, 1.54) is 14.0 Å². The molecule has 1 atom stereocenters. The maximum atomic E-state index is 11.7. The zero-order valence-corrected chi connectivity index (χ0v) is 9.93. The maximum absolute atomic E-state index is 11.7. The Morgan fingerprint density at radius 2 is 2.20 bits per heavy atom. The highest BCUT2D eigenvalue weighted by Crippen LogP contribution is 2.21. The molecule has 1 N–H and O–H groups in total. The summed E-state index contributed by atoms with van der Waals surface area (Å²) in [5.74, 6) is -0.193. The van der Waals surface area contributed by atoms with E-state index in [0.717, 1.165) is 0 Å². The Labute approximate surface area is 93.3 Å². The molecule has 0 fully saturated rings. The third kappa shape index (κ3) is 3.21. The molecule has 0 aliphatic rings. The summed E-state index contributed by atoms with van der Waals surface area (Å²) in [5.41, 5.74) is 0.553. The van der Waals surface area contributed by atoms with Crippen LogP contribution in [0.4, 0.5) is 5.69 Å². The highest BCUT2D eigenvalue weighted by molar-refractivity contribution is 8.15. The summed E-state index contributed by atoms with van der Waals surface area (Å²) in [4.78, 5) is 11.2. The molecule has 6 heteroatoms. The number of benzene rings is 1. The lowest BCUT2D eigenvalue weighted by Gasteiger charge is -2.05. The first-order chi connectivity index (χ1) is 6.95. The Morgan fingerprint density at radius 3 is 2.73 bits per heavy atom. The second-order valence-corrected chi connectivity index (χ2v) is 5.86. The lowest BCUT2D eigenvalue weighted by molar-refractivity contribution is -0.114. The van der Waals surface area contributed by atoms with E-state index >= 15 is 0 Å². The first-order valence-electron chi connectivity index (χ1n) is 4.18. The molecule has 4 nitrogen and oxygen atoms in total. The molecule has 1 unspecified atom stereocenters. The van der Waals surface area contributed by atoms with E-state index in [9.17, 15) is 9.00 Å². The minimum Gasteiger partial charge on any atom is -0.326 e. The zero-order chi connectivity index (χ0) is 11.5. The van der Waals surface area contributed by atoms with E-state index in [0.29, 0.717) is 10.6 Å². The van der Waals surface area contributed by atoms with E-state index in [2.05, 4.69) is 9.68 Å². The number of anilines is 1. The van der Waals surface area contributed by atoms with Crippen LogP contribution in [0.2, 0.25) is 0 Å². The summed E-state index contributed by atoms with van der Waals surface area (Å²) in [5, 5.41) is 2.58. The summed E-state index contributed by atoms with van der Waals surface area (Å²) in [7, 11) is 4.23. The van der Waals surface area contributed by atoms with E-state index < -0.39 is 8.94 Å². The molecular weight excluding hydrogens is 236 g/mol. The van der Waals surface area contributed by atoms with Crippen molar-refractivity contribution < 1.29 is 9.00 Å². The van der Waals surface area contributed by atoms with Gasteiger partial charge < -0.3 is 5.32 Å². The van der Waals surface area contributed by atoms with Crippen LogP contribution in [0, 0.1) is 0 Å². The van der Waals surface area contributed by atoms with Gasteiger partial charge in [0.1, 0.15) is 0 Å². The summed E-state index contributed by atoms with van der Waals surface area (Å²) >= 11 is 0. The topological polar surface area (TPSA) is 58.5 Å². The Balaban J connectivity index is 3.14. The minimum atomic E-state index is -2.86. The monoisotopic (exact) mass is 246 g/mol. The van der Waals surface area contributed by atoms with E-state index in [-0.39, 0.29) is 5.91 Å². The van der Waals surface area contributed by atoms with Gasteiger partial charge in [-0.25, -0.2) is 8.57 Å². The predicted molar refractivity (Wildman–Crippen MR) is 61.4 cm³/mol. The Hall–Kier alpha value is -1.07. The lowest BCUT2D eigenvalue weighted by Crippen LogP contribution is -2.06. The maximum Gasteiger partial charge on any atom is 0.221 e. The van der Waals surface area contributed by atoms with Gasteiger partial charge in [0.05, 0.1) is 4.90 Å². The van der Waals surface area contributed by atoms with Crippen molar-refractivity contribution in [1.29, 1.82) is 0 Å². The summed E-state index contributed by atoms with van der Waals surface area (Å²) in [6.07, 6.45) is 0. The number of nitrogens with zero attached hydrogens (tertiary/aromatic N) is 1. The van der Waals surface area contributed by atoms with Crippen LogP contribution in [-0.2, 0) is 13.7 Å². The molecule has 1 amide bonds. The molecule has 0 aromatic heterocycles. The van der Waals surface area contributed by atoms with E-state index in [1.54, 1.807) is 24.3 Å². The average Bonchev–Trinajstić information content (AvgIpc) is 2.17. The van der Waals surface area contributed by atoms with Gasteiger partial charge in [0.15, 0.2) is 8.94 Å². The van der Waals surface area contributed by atoms with Crippen LogP contribution in [-0.4, -0.2) is 17.2 Å². The fourth-order valence-corrected chi connectivity index (χ4v) is 2.06. The number of rotatable bonds is 2. The van der Waals surface area contributed by atoms with Crippen LogP contribution in [0.25, 0.3) is 0 Å². The standard InChI is InChI=1S/C9H11ClN2O2S/c1-7(13)12-8-4-3-5-9(6-8)15(10,14)11-2/h3-6H,1-2H3,(H,12,13). The molecule has 82 valence electrons. The molecule has 0 aliphatic heterocycles. The van der Waals surface area contributed by atoms with Crippen molar-refractivity contribution in [2.75, 3.05) is 12.4 Å². The number of amides is 1. The van der Waals surface area contributed by atoms with E-state index in [1.807, 2.05) is 0 Å². The molecule has 1 aromatic rings. The molecule has 0 spiro atoms. The van der Waals surface area contributed by atoms with Gasteiger partial charge in [0.2, 0.25) is 5.91 Å². The van der Waals surface area contributed by atoms with Gasteiger partial charge in [-0.15, -0.1) is 0 Å². The highest BCUT2D eigenvalue weighted by Gasteiger charge is 2.08. The van der Waals surface area contributed by atoms with Gasteiger partial charge >= 0.3 is 0 Å². The quantitative estimate of drug-likeness (QED) is 0.814. The first kappa shape index (κ1) is 12.0. The number of hydrogen-bond acceptors (Lipinski definition) is 3. The van der Waals surface area contributed by atoms with Gasteiger partial charge in [0.25, 0.3) is 0 Å². The van der Waals surface area contributed by atoms with Crippen molar-refractivity contribution in [3.8, 4) is 0 Å². The SMILES string of the molecule is CN=S(=O)(Cl)c1cccc(NC(C)=O)c1. The van der Waals surface area contributed by atoms with Crippen molar-refractivity contribution in [3.63, 3.8) is 0 Å². The largest absolute Gasteiger partial charge is 0.326 e. The van der Waals surface area contributed by atoms with Gasteiger partial charge in [-0.05, 0) is 18.2 Å². The van der Waals surface area contributed by atoms with Crippen LogP contribution in [0.3, 0.4) is 0 Å². The highest BCUT2D eigenvalue weighted by atomic mass is 35.7. The van der Waals surface area contributed by atoms with Crippen LogP contribution in [0.5, 0.6) is 0 Å². The number of carbonyl (C=O) groups excluding carboxylic acids is 1. The van der Waals surface area contributed by atoms with Crippen molar-refractivity contribution in [2.45, 2.75) is 11.8 Å². The average molecular weight is 247 g/mol. The van der Waals surface area contributed by atoms with Crippen molar-refractivity contribution in [1.82, 2.24) is 0 Å². The van der Waals surface area contributed by atoms with Crippen LogP contribution in [0.1, 0.15) is 6.92 Å². The Bertz CT molecular complexity index is 493. The minimum absolute atomic E-state index is 0.193. The molecule has 0 radical (unpaired) electrons.